The third kappa shape index (κ3) is 16.8. The second-order valence-electron chi connectivity index (χ2n) is 7.66. The van der Waals surface area contributed by atoms with E-state index >= 15 is 0 Å². The molecule has 0 aliphatic heterocycles. The van der Waals surface area contributed by atoms with Gasteiger partial charge >= 0.3 is 0 Å². The second-order valence-corrected chi connectivity index (χ2v) is 7.66. The Morgan fingerprint density at radius 2 is 0.667 bits per heavy atom. The van der Waals surface area contributed by atoms with Crippen molar-refractivity contribution in [1.29, 1.82) is 0 Å². The number of hydrogen-bond donors (Lipinski definition) is 2. The molecule has 2 heteroatoms. The smallest absolute Gasteiger partial charge is 0.0799 e. The molecule has 2 nitrogen and oxygen atoms in total. The van der Waals surface area contributed by atoms with Crippen LogP contribution in [0.4, 0.5) is 0 Å². The van der Waals surface area contributed by atoms with Gasteiger partial charge in [-0.3, -0.25) is 0 Å². The molecule has 0 aromatic rings. The molecule has 0 unspecified atom stereocenters. The minimum atomic E-state index is -0.505. The van der Waals surface area contributed by atoms with Crippen LogP contribution in [-0.2, 0) is 0 Å². The molecule has 0 saturated heterocycles. The zero-order valence-electron chi connectivity index (χ0n) is 16.8. The van der Waals surface area contributed by atoms with Crippen LogP contribution in [0.2, 0.25) is 0 Å². The Morgan fingerprint density at radius 3 is 0.958 bits per heavy atom. The van der Waals surface area contributed by atoms with Crippen LogP contribution in [0, 0.1) is 0 Å². The molecule has 0 aromatic heterocycles. The van der Waals surface area contributed by atoms with E-state index in [1.54, 1.807) is 0 Å². The summed E-state index contributed by atoms with van der Waals surface area (Å²) in [6, 6.07) is 0. The molecule has 0 fully saturated rings. The quantitative estimate of drug-likeness (QED) is 0.254. The molecule has 2 N–H and O–H groups in total. The van der Waals surface area contributed by atoms with Gasteiger partial charge in [-0.25, -0.2) is 0 Å². The maximum absolute atomic E-state index is 10.0. The summed E-state index contributed by atoms with van der Waals surface area (Å²) in [5, 5.41) is 20.0. The average Bonchev–Trinajstić information content (AvgIpc) is 2.59. The van der Waals surface area contributed by atoms with E-state index in [0.29, 0.717) is 0 Å². The predicted octanol–water partition coefficient (Wildman–Crippen LogP) is 6.77. The molecule has 0 heterocycles. The summed E-state index contributed by atoms with van der Waals surface area (Å²) in [6.45, 7) is 4.48. The third-order valence-corrected chi connectivity index (χ3v) is 5.15. The highest BCUT2D eigenvalue weighted by Crippen LogP contribution is 2.15. The fourth-order valence-corrected chi connectivity index (χ4v) is 3.36. The average molecular weight is 343 g/mol. The van der Waals surface area contributed by atoms with E-state index in [-0.39, 0.29) is 0 Å². The van der Waals surface area contributed by atoms with Crippen LogP contribution in [0.5, 0.6) is 0 Å². The summed E-state index contributed by atoms with van der Waals surface area (Å²) in [6.07, 6.45) is 21.2. The minimum Gasteiger partial charge on any atom is -0.390 e. The highest BCUT2D eigenvalue weighted by molar-refractivity contribution is 4.67. The van der Waals surface area contributed by atoms with Crippen molar-refractivity contribution in [2.24, 2.45) is 0 Å². The van der Waals surface area contributed by atoms with Gasteiger partial charge in [0.15, 0.2) is 0 Å². The van der Waals surface area contributed by atoms with E-state index in [9.17, 15) is 10.2 Å². The maximum atomic E-state index is 10.0. The van der Waals surface area contributed by atoms with Gasteiger partial charge in [-0.15, -0.1) is 0 Å². The molecule has 24 heavy (non-hydrogen) atoms. The highest BCUT2D eigenvalue weighted by atomic mass is 16.3. The Hall–Kier alpha value is -0.0800. The van der Waals surface area contributed by atoms with Gasteiger partial charge in [0, 0.05) is 0 Å². The molecular formula is C22H46O2. The third-order valence-electron chi connectivity index (χ3n) is 5.15. The van der Waals surface area contributed by atoms with E-state index in [1.807, 2.05) is 0 Å². The van der Waals surface area contributed by atoms with Crippen LogP contribution in [0.1, 0.15) is 129 Å². The number of unbranched alkanes of at least 4 members (excludes halogenated alkanes) is 14. The standard InChI is InChI=1S/C22H46O2/c1-3-5-7-9-10-11-12-13-14-16-18-20-22(24)21(23)19-17-15-8-6-4-2/h21-24H,3-20H2,1-2H3/t21-,22-/m1/s1. The fraction of sp³-hybridized carbons (Fsp3) is 1.00. The van der Waals surface area contributed by atoms with E-state index < -0.39 is 12.2 Å². The van der Waals surface area contributed by atoms with E-state index in [2.05, 4.69) is 13.8 Å². The largest absolute Gasteiger partial charge is 0.390 e. The van der Waals surface area contributed by atoms with Gasteiger partial charge in [-0.05, 0) is 12.8 Å². The molecule has 0 aliphatic carbocycles. The van der Waals surface area contributed by atoms with E-state index in [4.69, 9.17) is 0 Å². The molecule has 0 rings (SSSR count). The lowest BCUT2D eigenvalue weighted by molar-refractivity contribution is 0.00712. The summed E-state index contributed by atoms with van der Waals surface area (Å²) in [5.74, 6) is 0. The number of aliphatic hydroxyl groups is 2. The van der Waals surface area contributed by atoms with Gasteiger partial charge in [-0.1, -0.05) is 117 Å². The summed E-state index contributed by atoms with van der Waals surface area (Å²) in [4.78, 5) is 0. The van der Waals surface area contributed by atoms with Gasteiger partial charge in [0.25, 0.3) is 0 Å². The Kier molecular flexibility index (Phi) is 19.2. The van der Waals surface area contributed by atoms with Crippen molar-refractivity contribution in [3.05, 3.63) is 0 Å². The molecule has 0 aliphatic rings. The first kappa shape index (κ1) is 23.9. The highest BCUT2D eigenvalue weighted by Gasteiger charge is 2.14. The summed E-state index contributed by atoms with van der Waals surface area (Å²) in [7, 11) is 0. The van der Waals surface area contributed by atoms with Crippen molar-refractivity contribution in [3.8, 4) is 0 Å². The van der Waals surface area contributed by atoms with Gasteiger partial charge in [0.05, 0.1) is 12.2 Å². The number of rotatable bonds is 19. The Balaban J connectivity index is 3.28. The van der Waals surface area contributed by atoms with Gasteiger partial charge in [0.1, 0.15) is 0 Å². The van der Waals surface area contributed by atoms with Crippen molar-refractivity contribution >= 4 is 0 Å². The fourth-order valence-electron chi connectivity index (χ4n) is 3.36. The van der Waals surface area contributed by atoms with Gasteiger partial charge in [0.2, 0.25) is 0 Å². The molecular weight excluding hydrogens is 296 g/mol. The zero-order valence-corrected chi connectivity index (χ0v) is 16.8. The maximum Gasteiger partial charge on any atom is 0.0799 e. The van der Waals surface area contributed by atoms with Crippen LogP contribution >= 0.6 is 0 Å². The molecule has 2 atom stereocenters. The van der Waals surface area contributed by atoms with Crippen LogP contribution in [0.3, 0.4) is 0 Å². The molecule has 0 aromatic carbocycles. The molecule has 0 spiro atoms. The first-order valence-corrected chi connectivity index (χ1v) is 11.1. The second kappa shape index (κ2) is 19.2. The van der Waals surface area contributed by atoms with Crippen molar-refractivity contribution in [1.82, 2.24) is 0 Å². The van der Waals surface area contributed by atoms with Crippen molar-refractivity contribution in [2.75, 3.05) is 0 Å². The van der Waals surface area contributed by atoms with Gasteiger partial charge < -0.3 is 10.2 Å². The SMILES string of the molecule is CCCCCCCCCCCCC[C@@H](O)[C@H](O)CCCCCCC. The summed E-state index contributed by atoms with van der Waals surface area (Å²) in [5.41, 5.74) is 0. The van der Waals surface area contributed by atoms with Crippen LogP contribution in [-0.4, -0.2) is 22.4 Å². The molecule has 0 bridgehead atoms. The summed E-state index contributed by atoms with van der Waals surface area (Å²) < 4.78 is 0. The first-order valence-electron chi connectivity index (χ1n) is 11.1. The Bertz CT molecular complexity index is 230. The first-order chi connectivity index (χ1) is 11.7. The van der Waals surface area contributed by atoms with Crippen LogP contribution in [0.25, 0.3) is 0 Å². The van der Waals surface area contributed by atoms with Gasteiger partial charge in [-0.2, -0.15) is 0 Å². The Labute approximate surface area is 152 Å². The predicted molar refractivity (Wildman–Crippen MR) is 106 cm³/mol. The van der Waals surface area contributed by atoms with E-state index in [1.165, 1.54) is 89.9 Å². The lowest BCUT2D eigenvalue weighted by Gasteiger charge is -2.17. The van der Waals surface area contributed by atoms with E-state index in [0.717, 1.165) is 25.7 Å². The summed E-state index contributed by atoms with van der Waals surface area (Å²) >= 11 is 0. The van der Waals surface area contributed by atoms with Crippen molar-refractivity contribution < 1.29 is 10.2 Å². The molecule has 0 radical (unpaired) electrons. The number of hydrogen-bond acceptors (Lipinski definition) is 2. The minimum absolute atomic E-state index is 0.505. The lowest BCUT2D eigenvalue weighted by atomic mass is 9.99. The molecule has 0 amide bonds. The monoisotopic (exact) mass is 342 g/mol. The van der Waals surface area contributed by atoms with Crippen molar-refractivity contribution in [2.45, 2.75) is 142 Å². The number of aliphatic hydroxyl groups excluding tert-OH is 2. The topological polar surface area (TPSA) is 40.5 Å². The van der Waals surface area contributed by atoms with Crippen LogP contribution in [0.15, 0.2) is 0 Å². The van der Waals surface area contributed by atoms with Crippen molar-refractivity contribution in [3.63, 3.8) is 0 Å². The molecule has 0 saturated carbocycles. The zero-order chi connectivity index (χ0) is 17.9. The van der Waals surface area contributed by atoms with Crippen LogP contribution < -0.4 is 0 Å². The molecule has 146 valence electrons. The normalized spacial score (nSPS) is 14.0. The lowest BCUT2D eigenvalue weighted by Crippen LogP contribution is -2.25. The Morgan fingerprint density at radius 1 is 0.417 bits per heavy atom.